The fourth-order valence-corrected chi connectivity index (χ4v) is 3.18. The largest absolute Gasteiger partial charge is 0.481 e. The van der Waals surface area contributed by atoms with Crippen molar-refractivity contribution in [3.63, 3.8) is 0 Å². The molecule has 0 radical (unpaired) electrons. The number of carboxylic acid groups (broad SMARTS) is 1. The molecular weight excluding hydrogens is 398 g/mol. The van der Waals surface area contributed by atoms with E-state index in [-0.39, 0.29) is 6.04 Å². The van der Waals surface area contributed by atoms with Crippen molar-refractivity contribution in [2.45, 2.75) is 103 Å². The van der Waals surface area contributed by atoms with Gasteiger partial charge in [0.05, 0.1) is 6.10 Å². The topological polar surface area (TPSA) is 69.6 Å². The Morgan fingerprint density at radius 1 is 0.906 bits per heavy atom. The summed E-state index contributed by atoms with van der Waals surface area (Å²) in [7, 11) is 1.84. The van der Waals surface area contributed by atoms with Gasteiger partial charge in [0.2, 0.25) is 0 Å². The van der Waals surface area contributed by atoms with E-state index < -0.39 is 12.1 Å². The third kappa shape index (κ3) is 18.8. The number of carbonyl (C=O) groups is 1. The van der Waals surface area contributed by atoms with Crippen LogP contribution in [0.4, 0.5) is 0 Å². The number of aliphatic carboxylic acids is 1. The van der Waals surface area contributed by atoms with Crippen LogP contribution in [-0.2, 0) is 4.79 Å². The van der Waals surface area contributed by atoms with Crippen LogP contribution in [0.15, 0.2) is 54.6 Å². The quantitative estimate of drug-likeness (QED) is 0.175. The molecular formula is C28H47NO3. The first-order chi connectivity index (χ1) is 15.5. The average molecular weight is 446 g/mol. The van der Waals surface area contributed by atoms with Crippen molar-refractivity contribution in [1.82, 2.24) is 5.32 Å². The molecule has 182 valence electrons. The molecule has 32 heavy (non-hydrogen) atoms. The highest BCUT2D eigenvalue weighted by atomic mass is 16.4. The third-order valence-corrected chi connectivity index (χ3v) is 5.41. The molecule has 0 saturated heterocycles. The van der Waals surface area contributed by atoms with Crippen LogP contribution in [0.3, 0.4) is 0 Å². The van der Waals surface area contributed by atoms with Crippen molar-refractivity contribution in [2.75, 3.05) is 7.05 Å². The Bertz CT molecular complexity index is 598. The van der Waals surface area contributed by atoms with Gasteiger partial charge in [-0.05, 0) is 58.1 Å². The summed E-state index contributed by atoms with van der Waals surface area (Å²) >= 11 is 0. The number of carboxylic acids is 1. The molecule has 0 fully saturated rings. The molecule has 0 aliphatic carbocycles. The summed E-state index contributed by atoms with van der Waals surface area (Å²) in [5.41, 5.74) is 0.958. The third-order valence-electron chi connectivity index (χ3n) is 5.41. The molecule has 0 aliphatic rings. The molecule has 4 heteroatoms. The number of allylic oxidation sites excluding steroid dienone is 4. The number of rotatable bonds is 17. The zero-order chi connectivity index (χ0) is 23.9. The van der Waals surface area contributed by atoms with Gasteiger partial charge in [0.15, 0.2) is 0 Å². The van der Waals surface area contributed by atoms with Crippen LogP contribution in [0.25, 0.3) is 0 Å². The fourth-order valence-electron chi connectivity index (χ4n) is 3.18. The number of benzene rings is 1. The summed E-state index contributed by atoms with van der Waals surface area (Å²) in [5, 5.41) is 21.2. The van der Waals surface area contributed by atoms with Crippen molar-refractivity contribution in [3.8, 4) is 0 Å². The van der Waals surface area contributed by atoms with Gasteiger partial charge < -0.3 is 15.5 Å². The van der Waals surface area contributed by atoms with Gasteiger partial charge in [-0.2, -0.15) is 0 Å². The van der Waals surface area contributed by atoms with Crippen molar-refractivity contribution < 1.29 is 15.0 Å². The van der Waals surface area contributed by atoms with Gasteiger partial charge in [-0.3, -0.25) is 4.79 Å². The number of aliphatic hydroxyl groups excluding tert-OH is 1. The molecule has 0 aliphatic heterocycles. The SMILES string of the molecule is CCCCC/C=C\C/C=C\CCCCCCCC(=O)O.CNC(C)C(O)c1ccccc1. The molecule has 0 bridgehead atoms. The van der Waals surface area contributed by atoms with Crippen LogP contribution in [0, 0.1) is 0 Å². The van der Waals surface area contributed by atoms with Crippen molar-refractivity contribution in [2.24, 2.45) is 0 Å². The summed E-state index contributed by atoms with van der Waals surface area (Å²) in [4.78, 5) is 10.3. The van der Waals surface area contributed by atoms with E-state index in [1.54, 1.807) is 0 Å². The molecule has 0 aromatic heterocycles. The molecule has 2 atom stereocenters. The predicted octanol–water partition coefficient (Wildman–Crippen LogP) is 7.21. The van der Waals surface area contributed by atoms with E-state index in [1.165, 1.54) is 44.9 Å². The number of hydrogen-bond donors (Lipinski definition) is 3. The van der Waals surface area contributed by atoms with Crippen LogP contribution in [0.1, 0.15) is 103 Å². The lowest BCUT2D eigenvalue weighted by Gasteiger charge is -2.17. The number of likely N-dealkylation sites (N-methyl/N-ethyl adjacent to an activating group) is 1. The van der Waals surface area contributed by atoms with E-state index in [4.69, 9.17) is 5.11 Å². The second-order valence-electron chi connectivity index (χ2n) is 8.31. The van der Waals surface area contributed by atoms with Crippen LogP contribution in [0.2, 0.25) is 0 Å². The molecule has 0 saturated carbocycles. The predicted molar refractivity (Wildman–Crippen MR) is 137 cm³/mol. The molecule has 1 rings (SSSR count). The van der Waals surface area contributed by atoms with E-state index in [1.807, 2.05) is 44.3 Å². The van der Waals surface area contributed by atoms with Crippen molar-refractivity contribution in [3.05, 3.63) is 60.2 Å². The Morgan fingerprint density at radius 3 is 2.03 bits per heavy atom. The number of nitrogens with one attached hydrogen (secondary N) is 1. The number of unbranched alkanes of at least 4 members (excludes halogenated alkanes) is 8. The molecule has 0 amide bonds. The molecule has 4 nitrogen and oxygen atoms in total. The summed E-state index contributed by atoms with van der Waals surface area (Å²) in [6, 6.07) is 9.76. The minimum atomic E-state index is -0.671. The highest BCUT2D eigenvalue weighted by Crippen LogP contribution is 2.15. The Morgan fingerprint density at radius 2 is 1.47 bits per heavy atom. The zero-order valence-corrected chi connectivity index (χ0v) is 20.6. The van der Waals surface area contributed by atoms with Gasteiger partial charge in [0, 0.05) is 12.5 Å². The first-order valence-electron chi connectivity index (χ1n) is 12.4. The second-order valence-corrected chi connectivity index (χ2v) is 8.31. The Kier molecular flexibility index (Phi) is 21.0. The summed E-state index contributed by atoms with van der Waals surface area (Å²) in [6.45, 7) is 4.19. The van der Waals surface area contributed by atoms with Gasteiger partial charge in [0.1, 0.15) is 0 Å². The lowest BCUT2D eigenvalue weighted by atomic mass is 10.0. The fraction of sp³-hybridized carbons (Fsp3) is 0.607. The van der Waals surface area contributed by atoms with Gasteiger partial charge in [-0.25, -0.2) is 0 Å². The van der Waals surface area contributed by atoms with Crippen molar-refractivity contribution >= 4 is 5.97 Å². The zero-order valence-electron chi connectivity index (χ0n) is 20.6. The minimum Gasteiger partial charge on any atom is -0.481 e. The van der Waals surface area contributed by atoms with E-state index >= 15 is 0 Å². The first-order valence-corrected chi connectivity index (χ1v) is 12.4. The summed E-state index contributed by atoms with van der Waals surface area (Å²) in [6.07, 6.45) is 21.9. The highest BCUT2D eigenvalue weighted by molar-refractivity contribution is 5.66. The van der Waals surface area contributed by atoms with Gasteiger partial charge >= 0.3 is 5.97 Å². The monoisotopic (exact) mass is 445 g/mol. The summed E-state index contributed by atoms with van der Waals surface area (Å²) in [5.74, 6) is -0.671. The lowest BCUT2D eigenvalue weighted by molar-refractivity contribution is -0.137. The Balaban J connectivity index is 0.000000677. The van der Waals surface area contributed by atoms with E-state index in [0.29, 0.717) is 6.42 Å². The molecule has 0 heterocycles. The van der Waals surface area contributed by atoms with E-state index in [2.05, 4.69) is 36.5 Å². The molecule has 3 N–H and O–H groups in total. The normalized spacial score (nSPS) is 13.1. The van der Waals surface area contributed by atoms with Crippen LogP contribution < -0.4 is 5.32 Å². The maximum Gasteiger partial charge on any atom is 0.303 e. The molecule has 2 unspecified atom stereocenters. The number of hydrogen-bond acceptors (Lipinski definition) is 3. The standard InChI is InChI=1S/C18H32O2.C10H15NO/c1-2-3-4-5-6-7-8-9-10-11-12-13-14-15-16-17-18(19)20;1-8(11-2)10(12)9-6-4-3-5-7-9/h6-7,9-10H,2-5,8,11-17H2,1H3,(H,19,20);3-8,10-12H,1-2H3/b7-6-,10-9-;. The van der Waals surface area contributed by atoms with Gasteiger partial charge in [0.25, 0.3) is 0 Å². The maximum atomic E-state index is 10.3. The minimum absolute atomic E-state index is 0.0902. The molecule has 1 aromatic carbocycles. The first kappa shape index (κ1) is 30.1. The van der Waals surface area contributed by atoms with Gasteiger partial charge in [-0.15, -0.1) is 0 Å². The Hall–Kier alpha value is -1.91. The van der Waals surface area contributed by atoms with Crippen LogP contribution >= 0.6 is 0 Å². The second kappa shape index (κ2) is 22.3. The van der Waals surface area contributed by atoms with Gasteiger partial charge in [-0.1, -0.05) is 93.7 Å². The summed E-state index contributed by atoms with van der Waals surface area (Å²) < 4.78 is 0. The number of aliphatic hydroxyl groups is 1. The highest BCUT2D eigenvalue weighted by Gasteiger charge is 2.12. The van der Waals surface area contributed by atoms with Crippen LogP contribution in [0.5, 0.6) is 0 Å². The molecule has 0 spiro atoms. The smallest absolute Gasteiger partial charge is 0.303 e. The lowest BCUT2D eigenvalue weighted by Crippen LogP contribution is -2.28. The Labute approximate surface area is 196 Å². The maximum absolute atomic E-state index is 10.3. The average Bonchev–Trinajstić information content (AvgIpc) is 2.81. The van der Waals surface area contributed by atoms with Crippen molar-refractivity contribution in [1.29, 1.82) is 0 Å². The van der Waals surface area contributed by atoms with E-state index in [0.717, 1.165) is 31.2 Å². The van der Waals surface area contributed by atoms with Crippen LogP contribution in [-0.4, -0.2) is 29.3 Å². The molecule has 1 aromatic rings. The van der Waals surface area contributed by atoms with E-state index in [9.17, 15) is 9.90 Å².